The van der Waals surface area contributed by atoms with Crippen LogP contribution in [-0.4, -0.2) is 10.5 Å². The molecular weight excluding hydrogens is 224 g/mol. The van der Waals surface area contributed by atoms with Gasteiger partial charge in [-0.05, 0) is 37.6 Å². The van der Waals surface area contributed by atoms with E-state index in [2.05, 4.69) is 16.0 Å². The molecule has 0 atom stereocenters. The molecule has 0 aliphatic carbocycles. The maximum absolute atomic E-state index is 11.9. The van der Waals surface area contributed by atoms with Crippen LogP contribution in [0.3, 0.4) is 0 Å². The number of benzene rings is 1. The van der Waals surface area contributed by atoms with Crippen LogP contribution in [0.1, 0.15) is 17.0 Å². The Labute approximate surface area is 107 Å². The number of anilines is 1. The van der Waals surface area contributed by atoms with Crippen molar-refractivity contribution in [1.29, 1.82) is 0 Å². The summed E-state index contributed by atoms with van der Waals surface area (Å²) in [4.78, 5) is 11.9. The molecule has 0 saturated carbocycles. The molecule has 0 aliphatic rings. The van der Waals surface area contributed by atoms with Gasteiger partial charge in [0.25, 0.3) is 0 Å². The molecule has 3 nitrogen and oxygen atoms in total. The first-order valence-electron chi connectivity index (χ1n) is 6.04. The number of hydrogen-bond donors (Lipinski definition) is 1. The normalized spacial score (nSPS) is 10.4. The maximum atomic E-state index is 11.9. The molecule has 2 aromatic rings. The number of para-hydroxylation sites is 1. The average molecular weight is 242 g/mol. The van der Waals surface area contributed by atoms with Gasteiger partial charge >= 0.3 is 0 Å². The van der Waals surface area contributed by atoms with Crippen molar-refractivity contribution in [2.24, 2.45) is 7.05 Å². The van der Waals surface area contributed by atoms with Crippen LogP contribution in [0.2, 0.25) is 0 Å². The summed E-state index contributed by atoms with van der Waals surface area (Å²) in [5, 5.41) is 2.90. The summed E-state index contributed by atoms with van der Waals surface area (Å²) >= 11 is 0. The summed E-state index contributed by atoms with van der Waals surface area (Å²) in [7, 11) is 2.02. The Morgan fingerprint density at radius 2 is 1.89 bits per heavy atom. The van der Waals surface area contributed by atoms with E-state index in [4.69, 9.17) is 0 Å². The van der Waals surface area contributed by atoms with Gasteiger partial charge in [-0.3, -0.25) is 4.79 Å². The minimum Gasteiger partial charge on any atom is -0.352 e. The molecule has 0 radical (unpaired) electrons. The predicted molar refractivity (Wildman–Crippen MR) is 73.7 cm³/mol. The molecular formula is C15H18N2O. The zero-order valence-corrected chi connectivity index (χ0v) is 11.0. The third-order valence-electron chi connectivity index (χ3n) is 3.29. The molecule has 1 heterocycles. The first kappa shape index (κ1) is 12.4. The van der Waals surface area contributed by atoms with Crippen LogP contribution in [0.5, 0.6) is 0 Å². The summed E-state index contributed by atoms with van der Waals surface area (Å²) in [6, 6.07) is 11.6. The van der Waals surface area contributed by atoms with Gasteiger partial charge in [-0.1, -0.05) is 18.2 Å². The maximum Gasteiger partial charge on any atom is 0.228 e. The molecule has 1 N–H and O–H groups in total. The van der Waals surface area contributed by atoms with Crippen molar-refractivity contribution in [3.63, 3.8) is 0 Å². The number of carbonyl (C=O) groups is 1. The molecule has 0 saturated heterocycles. The van der Waals surface area contributed by atoms with Crippen molar-refractivity contribution >= 4 is 11.6 Å². The zero-order chi connectivity index (χ0) is 13.1. The van der Waals surface area contributed by atoms with E-state index >= 15 is 0 Å². The van der Waals surface area contributed by atoms with Crippen molar-refractivity contribution in [2.45, 2.75) is 20.3 Å². The largest absolute Gasteiger partial charge is 0.352 e. The first-order chi connectivity index (χ1) is 8.58. The minimum absolute atomic E-state index is 0.0231. The highest BCUT2D eigenvalue weighted by Crippen LogP contribution is 2.14. The lowest BCUT2D eigenvalue weighted by Crippen LogP contribution is -2.14. The quantitative estimate of drug-likeness (QED) is 0.882. The van der Waals surface area contributed by atoms with Crippen LogP contribution in [0.4, 0.5) is 5.69 Å². The van der Waals surface area contributed by atoms with Crippen LogP contribution in [0.15, 0.2) is 36.4 Å². The highest BCUT2D eigenvalue weighted by Gasteiger charge is 2.10. The van der Waals surface area contributed by atoms with E-state index in [-0.39, 0.29) is 5.91 Å². The third-order valence-corrected chi connectivity index (χ3v) is 3.29. The molecule has 18 heavy (non-hydrogen) atoms. The molecule has 0 spiro atoms. The third kappa shape index (κ3) is 2.62. The predicted octanol–water partition coefficient (Wildman–Crippen LogP) is 2.82. The first-order valence-corrected chi connectivity index (χ1v) is 6.04. The van der Waals surface area contributed by atoms with Gasteiger partial charge in [0.2, 0.25) is 5.91 Å². The van der Waals surface area contributed by atoms with Gasteiger partial charge in [0.15, 0.2) is 0 Å². The van der Waals surface area contributed by atoms with Crippen LogP contribution >= 0.6 is 0 Å². The molecule has 3 heteroatoms. The van der Waals surface area contributed by atoms with Crippen LogP contribution in [0.25, 0.3) is 0 Å². The number of nitrogens with zero attached hydrogens (tertiary/aromatic N) is 1. The van der Waals surface area contributed by atoms with Crippen molar-refractivity contribution < 1.29 is 4.79 Å². The number of rotatable bonds is 3. The van der Waals surface area contributed by atoms with E-state index in [1.54, 1.807) is 0 Å². The number of carbonyl (C=O) groups excluding carboxylic acids is 1. The molecule has 0 fully saturated rings. The van der Waals surface area contributed by atoms with Gasteiger partial charge in [-0.15, -0.1) is 0 Å². The summed E-state index contributed by atoms with van der Waals surface area (Å²) in [5.74, 6) is 0.0231. The molecule has 0 aliphatic heterocycles. The van der Waals surface area contributed by atoms with Crippen LogP contribution in [0, 0.1) is 13.8 Å². The summed E-state index contributed by atoms with van der Waals surface area (Å²) < 4.78 is 2.10. The minimum atomic E-state index is 0.0231. The summed E-state index contributed by atoms with van der Waals surface area (Å²) in [5.41, 5.74) is 4.25. The molecule has 0 bridgehead atoms. The van der Waals surface area contributed by atoms with E-state index in [0.717, 1.165) is 16.9 Å². The summed E-state index contributed by atoms with van der Waals surface area (Å²) in [6.45, 7) is 4.09. The molecule has 1 amide bonds. The molecule has 0 unspecified atom stereocenters. The average Bonchev–Trinajstić information content (AvgIpc) is 2.58. The smallest absolute Gasteiger partial charge is 0.228 e. The van der Waals surface area contributed by atoms with E-state index in [9.17, 15) is 4.79 Å². The fraction of sp³-hybridized carbons (Fsp3) is 0.267. The number of hydrogen-bond acceptors (Lipinski definition) is 1. The van der Waals surface area contributed by atoms with Crippen LogP contribution in [-0.2, 0) is 18.3 Å². The standard InChI is InChI=1S/C15H18N2O/c1-11-9-13(12(2)17(11)3)10-15(18)16-14-7-5-4-6-8-14/h4-9H,10H2,1-3H3,(H,16,18). The SMILES string of the molecule is Cc1cc(CC(=O)Nc2ccccc2)c(C)n1C. The van der Waals surface area contributed by atoms with Gasteiger partial charge in [0.05, 0.1) is 6.42 Å². The Morgan fingerprint density at radius 1 is 1.22 bits per heavy atom. The van der Waals surface area contributed by atoms with Gasteiger partial charge < -0.3 is 9.88 Å². The van der Waals surface area contributed by atoms with Crippen molar-refractivity contribution in [1.82, 2.24) is 4.57 Å². The highest BCUT2D eigenvalue weighted by atomic mass is 16.1. The van der Waals surface area contributed by atoms with Gasteiger partial charge in [0, 0.05) is 24.1 Å². The zero-order valence-electron chi connectivity index (χ0n) is 11.0. The monoisotopic (exact) mass is 242 g/mol. The second-order valence-corrected chi connectivity index (χ2v) is 4.55. The fourth-order valence-corrected chi connectivity index (χ4v) is 2.01. The topological polar surface area (TPSA) is 34.0 Å². The van der Waals surface area contributed by atoms with Crippen molar-refractivity contribution in [2.75, 3.05) is 5.32 Å². The Morgan fingerprint density at radius 3 is 2.44 bits per heavy atom. The molecule has 2 rings (SSSR count). The van der Waals surface area contributed by atoms with Gasteiger partial charge in [0.1, 0.15) is 0 Å². The Hall–Kier alpha value is -2.03. The number of amides is 1. The van der Waals surface area contributed by atoms with Crippen molar-refractivity contribution in [3.05, 3.63) is 53.3 Å². The van der Waals surface area contributed by atoms with E-state index < -0.39 is 0 Å². The van der Waals surface area contributed by atoms with Gasteiger partial charge in [-0.25, -0.2) is 0 Å². The molecule has 1 aromatic carbocycles. The number of aryl methyl sites for hydroxylation is 1. The Kier molecular flexibility index (Phi) is 3.51. The van der Waals surface area contributed by atoms with Crippen molar-refractivity contribution in [3.8, 4) is 0 Å². The van der Waals surface area contributed by atoms with E-state index in [1.807, 2.05) is 51.2 Å². The number of nitrogens with one attached hydrogen (secondary N) is 1. The van der Waals surface area contributed by atoms with E-state index in [0.29, 0.717) is 6.42 Å². The Balaban J connectivity index is 2.06. The second kappa shape index (κ2) is 5.08. The lowest BCUT2D eigenvalue weighted by Gasteiger charge is -2.05. The second-order valence-electron chi connectivity index (χ2n) is 4.55. The lowest BCUT2D eigenvalue weighted by molar-refractivity contribution is -0.115. The highest BCUT2D eigenvalue weighted by molar-refractivity contribution is 5.92. The number of aromatic nitrogens is 1. The Bertz CT molecular complexity index is 555. The van der Waals surface area contributed by atoms with E-state index in [1.165, 1.54) is 5.69 Å². The lowest BCUT2D eigenvalue weighted by atomic mass is 10.1. The fourth-order valence-electron chi connectivity index (χ4n) is 2.01. The molecule has 94 valence electrons. The molecule has 1 aromatic heterocycles. The van der Waals surface area contributed by atoms with Crippen LogP contribution < -0.4 is 5.32 Å². The van der Waals surface area contributed by atoms with Gasteiger partial charge in [-0.2, -0.15) is 0 Å². The summed E-state index contributed by atoms with van der Waals surface area (Å²) in [6.07, 6.45) is 0.419.